The number of nitrogens with zero attached hydrogens (tertiary/aromatic N) is 3. The molecule has 5 nitrogen and oxygen atoms in total. The molecular weight excluding hydrogens is 328 g/mol. The average molecular weight is 351 g/mol. The van der Waals surface area contributed by atoms with Crippen molar-refractivity contribution in [2.75, 3.05) is 32.7 Å². The first kappa shape index (κ1) is 17.6. The molecule has 1 aromatic rings. The Hall–Kier alpha value is -2.18. The molecule has 3 amide bonds. The minimum absolute atomic E-state index is 0.0900. The van der Waals surface area contributed by atoms with Gasteiger partial charge in [0.15, 0.2) is 11.6 Å². The van der Waals surface area contributed by atoms with Crippen LogP contribution >= 0.6 is 0 Å². The first-order valence-electron chi connectivity index (χ1n) is 8.81. The summed E-state index contributed by atoms with van der Waals surface area (Å²) in [5.41, 5.74) is 0.156. The number of likely N-dealkylation sites (tertiary alicyclic amines) is 1. The molecule has 0 saturated carbocycles. The van der Waals surface area contributed by atoms with Gasteiger partial charge in [0, 0.05) is 44.3 Å². The van der Waals surface area contributed by atoms with E-state index in [0.29, 0.717) is 25.9 Å². The molecule has 0 bridgehead atoms. The van der Waals surface area contributed by atoms with Crippen molar-refractivity contribution < 1.29 is 18.4 Å². The van der Waals surface area contributed by atoms with Crippen molar-refractivity contribution >= 4 is 11.9 Å². The molecule has 0 spiro atoms. The number of carbonyl (C=O) groups excluding carboxylic acids is 2. The molecule has 2 aliphatic rings. The monoisotopic (exact) mass is 351 g/mol. The van der Waals surface area contributed by atoms with Crippen molar-refractivity contribution in [1.29, 1.82) is 0 Å². The minimum atomic E-state index is -1.01. The molecule has 0 radical (unpaired) electrons. The van der Waals surface area contributed by atoms with Crippen LogP contribution in [0.5, 0.6) is 0 Å². The maximum absolute atomic E-state index is 13.3. The number of carbonyl (C=O) groups is 2. The third-order valence-electron chi connectivity index (χ3n) is 4.98. The van der Waals surface area contributed by atoms with Crippen LogP contribution in [0, 0.1) is 11.6 Å². The van der Waals surface area contributed by atoms with E-state index in [1.165, 1.54) is 6.07 Å². The van der Waals surface area contributed by atoms with Gasteiger partial charge in [-0.25, -0.2) is 13.6 Å². The number of hydrogen-bond acceptors (Lipinski definition) is 2. The van der Waals surface area contributed by atoms with E-state index in [4.69, 9.17) is 0 Å². The number of hydrogen-bond donors (Lipinski definition) is 0. The van der Waals surface area contributed by atoms with Gasteiger partial charge >= 0.3 is 6.03 Å². The highest BCUT2D eigenvalue weighted by molar-refractivity contribution is 5.94. The highest BCUT2D eigenvalue weighted by Crippen LogP contribution is 2.23. The summed E-state index contributed by atoms with van der Waals surface area (Å²) in [6.45, 7) is 5.36. The van der Waals surface area contributed by atoms with Crippen LogP contribution in [0.1, 0.15) is 36.5 Å². The normalized spacial score (nSPS) is 19.0. The van der Waals surface area contributed by atoms with Gasteiger partial charge in [-0.2, -0.15) is 0 Å². The van der Waals surface area contributed by atoms with Gasteiger partial charge < -0.3 is 14.7 Å². The number of amides is 3. The zero-order valence-electron chi connectivity index (χ0n) is 14.4. The topological polar surface area (TPSA) is 43.9 Å². The van der Waals surface area contributed by atoms with Crippen molar-refractivity contribution in [3.05, 3.63) is 35.4 Å². The maximum Gasteiger partial charge on any atom is 0.320 e. The summed E-state index contributed by atoms with van der Waals surface area (Å²) in [7, 11) is 0. The number of urea groups is 1. The molecule has 0 atom stereocenters. The quantitative estimate of drug-likeness (QED) is 0.837. The van der Waals surface area contributed by atoms with Crippen LogP contribution < -0.4 is 0 Å². The number of halogens is 2. The molecule has 0 N–H and O–H groups in total. The third kappa shape index (κ3) is 3.60. The fourth-order valence-corrected chi connectivity index (χ4v) is 3.61. The van der Waals surface area contributed by atoms with E-state index in [1.54, 1.807) is 4.90 Å². The van der Waals surface area contributed by atoms with Crippen molar-refractivity contribution in [2.24, 2.45) is 0 Å². The van der Waals surface area contributed by atoms with Crippen molar-refractivity contribution in [1.82, 2.24) is 14.7 Å². The first-order valence-corrected chi connectivity index (χ1v) is 8.81. The Morgan fingerprint density at radius 3 is 2.48 bits per heavy atom. The molecule has 0 unspecified atom stereocenters. The zero-order chi connectivity index (χ0) is 18.0. The van der Waals surface area contributed by atoms with Crippen molar-refractivity contribution in [3.63, 3.8) is 0 Å². The third-order valence-corrected chi connectivity index (χ3v) is 4.98. The van der Waals surface area contributed by atoms with E-state index in [-0.39, 0.29) is 23.5 Å². The van der Waals surface area contributed by atoms with Crippen LogP contribution in [0.4, 0.5) is 13.6 Å². The summed E-state index contributed by atoms with van der Waals surface area (Å²) in [6.07, 6.45) is 2.36. The van der Waals surface area contributed by atoms with Crippen LogP contribution in [0.3, 0.4) is 0 Å². The molecule has 0 aromatic heterocycles. The Labute approximate surface area is 146 Å². The van der Waals surface area contributed by atoms with Gasteiger partial charge in [0.1, 0.15) is 0 Å². The summed E-state index contributed by atoms with van der Waals surface area (Å²) in [4.78, 5) is 30.3. The lowest BCUT2D eigenvalue weighted by Gasteiger charge is -2.36. The lowest BCUT2D eigenvalue weighted by Crippen LogP contribution is -2.48. The van der Waals surface area contributed by atoms with Crippen molar-refractivity contribution in [2.45, 2.75) is 32.2 Å². The zero-order valence-corrected chi connectivity index (χ0v) is 14.4. The summed E-state index contributed by atoms with van der Waals surface area (Å²) < 4.78 is 26.3. The highest BCUT2D eigenvalue weighted by atomic mass is 19.2. The van der Waals surface area contributed by atoms with E-state index in [0.717, 1.165) is 38.2 Å². The van der Waals surface area contributed by atoms with Gasteiger partial charge in [-0.1, -0.05) is 6.92 Å². The smallest absolute Gasteiger partial charge is 0.320 e. The van der Waals surface area contributed by atoms with Gasteiger partial charge in [0.05, 0.1) is 0 Å². The molecule has 0 aliphatic carbocycles. The SMILES string of the molecule is CCCN1CCN(C2CCN(C(=O)c3ccc(F)c(F)c3)CC2)C1=O. The van der Waals surface area contributed by atoms with Gasteiger partial charge in [0.25, 0.3) is 5.91 Å². The summed E-state index contributed by atoms with van der Waals surface area (Å²) in [6, 6.07) is 3.45. The lowest BCUT2D eigenvalue weighted by molar-refractivity contribution is 0.0663. The molecule has 2 heterocycles. The predicted molar refractivity (Wildman–Crippen MR) is 89.2 cm³/mol. The molecule has 7 heteroatoms. The molecule has 136 valence electrons. The van der Waals surface area contributed by atoms with Gasteiger partial charge in [-0.3, -0.25) is 4.79 Å². The standard InChI is InChI=1S/C18H23F2N3O2/c1-2-7-22-10-11-23(18(22)25)14-5-8-21(9-6-14)17(24)13-3-4-15(19)16(20)12-13/h3-4,12,14H,2,5-11H2,1H3. The predicted octanol–water partition coefficient (Wildman–Crippen LogP) is 2.72. The molecule has 2 saturated heterocycles. The van der Waals surface area contributed by atoms with Crippen LogP contribution in [-0.4, -0.2) is 65.4 Å². The summed E-state index contributed by atoms with van der Waals surface area (Å²) in [5, 5.41) is 0. The lowest BCUT2D eigenvalue weighted by atomic mass is 10.0. The summed E-state index contributed by atoms with van der Waals surface area (Å²) in [5.74, 6) is -2.27. The maximum atomic E-state index is 13.3. The second kappa shape index (κ2) is 7.37. The molecule has 3 rings (SSSR count). The van der Waals surface area contributed by atoms with Crippen LogP contribution in [-0.2, 0) is 0 Å². The Bertz CT molecular complexity index is 660. The molecule has 1 aromatic carbocycles. The molecule has 2 fully saturated rings. The molecule has 2 aliphatic heterocycles. The Morgan fingerprint density at radius 2 is 1.84 bits per heavy atom. The van der Waals surface area contributed by atoms with Crippen molar-refractivity contribution in [3.8, 4) is 0 Å². The molecule has 25 heavy (non-hydrogen) atoms. The first-order chi connectivity index (χ1) is 12.0. The van der Waals surface area contributed by atoms with Gasteiger partial charge in [0.2, 0.25) is 0 Å². The van der Waals surface area contributed by atoms with Gasteiger partial charge in [-0.15, -0.1) is 0 Å². The Kier molecular flexibility index (Phi) is 5.20. The molecular formula is C18H23F2N3O2. The second-order valence-corrected chi connectivity index (χ2v) is 6.62. The number of benzene rings is 1. The number of rotatable bonds is 4. The van der Waals surface area contributed by atoms with E-state index in [9.17, 15) is 18.4 Å². The van der Waals surface area contributed by atoms with E-state index in [2.05, 4.69) is 6.92 Å². The Morgan fingerprint density at radius 1 is 1.12 bits per heavy atom. The van der Waals surface area contributed by atoms with Crippen LogP contribution in [0.2, 0.25) is 0 Å². The van der Waals surface area contributed by atoms with Crippen LogP contribution in [0.25, 0.3) is 0 Å². The van der Waals surface area contributed by atoms with E-state index >= 15 is 0 Å². The summed E-state index contributed by atoms with van der Waals surface area (Å²) >= 11 is 0. The fourth-order valence-electron chi connectivity index (χ4n) is 3.61. The van der Waals surface area contributed by atoms with Crippen LogP contribution in [0.15, 0.2) is 18.2 Å². The second-order valence-electron chi connectivity index (χ2n) is 6.62. The number of piperidine rings is 1. The highest BCUT2D eigenvalue weighted by Gasteiger charge is 2.35. The minimum Gasteiger partial charge on any atom is -0.338 e. The largest absolute Gasteiger partial charge is 0.338 e. The fraction of sp³-hybridized carbons (Fsp3) is 0.556. The van der Waals surface area contributed by atoms with E-state index in [1.807, 2.05) is 9.80 Å². The van der Waals surface area contributed by atoms with Gasteiger partial charge in [-0.05, 0) is 37.5 Å². The average Bonchev–Trinajstić information content (AvgIpc) is 2.98. The Balaban J connectivity index is 1.57. The van der Waals surface area contributed by atoms with E-state index < -0.39 is 11.6 Å².